The summed E-state index contributed by atoms with van der Waals surface area (Å²) >= 11 is 0. The maximum atomic E-state index is 13.5. The standard InChI is InChI=1S/C16H23FN2O/c1-2-14-8-5-6-10-19(14)12-16(20)18-11-13-7-3-4-9-15(13)17/h3-4,7,9,14H,2,5-6,8,10-12H2,1H3,(H,18,20). The number of nitrogens with zero attached hydrogens (tertiary/aromatic N) is 1. The van der Waals surface area contributed by atoms with Crippen LogP contribution in [0.5, 0.6) is 0 Å². The summed E-state index contributed by atoms with van der Waals surface area (Å²) in [5.74, 6) is -0.286. The highest BCUT2D eigenvalue weighted by Crippen LogP contribution is 2.18. The van der Waals surface area contributed by atoms with Crippen molar-refractivity contribution in [3.8, 4) is 0 Å². The average molecular weight is 278 g/mol. The fourth-order valence-corrected chi connectivity index (χ4v) is 2.81. The minimum absolute atomic E-state index is 0.0198. The van der Waals surface area contributed by atoms with Crippen LogP contribution in [0.15, 0.2) is 24.3 Å². The van der Waals surface area contributed by atoms with Crippen molar-refractivity contribution in [1.29, 1.82) is 0 Å². The second-order valence-electron chi connectivity index (χ2n) is 5.40. The van der Waals surface area contributed by atoms with E-state index in [2.05, 4.69) is 17.1 Å². The van der Waals surface area contributed by atoms with Crippen LogP contribution in [0.4, 0.5) is 4.39 Å². The van der Waals surface area contributed by atoms with Crippen LogP contribution in [0.1, 0.15) is 38.2 Å². The van der Waals surface area contributed by atoms with Crippen LogP contribution in [0.25, 0.3) is 0 Å². The highest BCUT2D eigenvalue weighted by molar-refractivity contribution is 5.78. The van der Waals surface area contributed by atoms with E-state index in [0.717, 1.165) is 19.4 Å². The van der Waals surface area contributed by atoms with E-state index in [4.69, 9.17) is 0 Å². The topological polar surface area (TPSA) is 32.3 Å². The lowest BCUT2D eigenvalue weighted by Crippen LogP contribution is -2.45. The van der Waals surface area contributed by atoms with E-state index in [9.17, 15) is 9.18 Å². The van der Waals surface area contributed by atoms with Gasteiger partial charge in [-0.25, -0.2) is 4.39 Å². The number of carbonyl (C=O) groups excluding carboxylic acids is 1. The number of hydrogen-bond acceptors (Lipinski definition) is 2. The Morgan fingerprint density at radius 2 is 2.20 bits per heavy atom. The minimum Gasteiger partial charge on any atom is -0.351 e. The molecule has 1 amide bonds. The molecule has 110 valence electrons. The third-order valence-corrected chi connectivity index (χ3v) is 4.00. The van der Waals surface area contributed by atoms with Crippen molar-refractivity contribution < 1.29 is 9.18 Å². The van der Waals surface area contributed by atoms with E-state index < -0.39 is 0 Å². The molecule has 1 heterocycles. The summed E-state index contributed by atoms with van der Waals surface area (Å²) in [6, 6.07) is 7.07. The molecule has 0 saturated carbocycles. The van der Waals surface area contributed by atoms with E-state index in [1.807, 2.05) is 0 Å². The van der Waals surface area contributed by atoms with Gasteiger partial charge >= 0.3 is 0 Å². The zero-order chi connectivity index (χ0) is 14.4. The van der Waals surface area contributed by atoms with Crippen LogP contribution in [-0.4, -0.2) is 29.9 Å². The van der Waals surface area contributed by atoms with Crippen LogP contribution >= 0.6 is 0 Å². The van der Waals surface area contributed by atoms with Gasteiger partial charge in [0.2, 0.25) is 5.91 Å². The molecule has 1 saturated heterocycles. The second kappa shape index (κ2) is 7.39. The van der Waals surface area contributed by atoms with Gasteiger partial charge in [0.15, 0.2) is 0 Å². The first-order valence-corrected chi connectivity index (χ1v) is 7.45. The molecule has 0 spiro atoms. The van der Waals surface area contributed by atoms with Gasteiger partial charge in [-0.2, -0.15) is 0 Å². The molecule has 0 radical (unpaired) electrons. The largest absolute Gasteiger partial charge is 0.351 e. The van der Waals surface area contributed by atoms with E-state index in [1.54, 1.807) is 18.2 Å². The van der Waals surface area contributed by atoms with Gasteiger partial charge < -0.3 is 5.32 Å². The summed E-state index contributed by atoms with van der Waals surface area (Å²) in [6.07, 6.45) is 4.68. The summed E-state index contributed by atoms with van der Waals surface area (Å²) < 4.78 is 13.5. The first-order chi connectivity index (χ1) is 9.70. The van der Waals surface area contributed by atoms with Crippen molar-refractivity contribution in [2.75, 3.05) is 13.1 Å². The van der Waals surface area contributed by atoms with Crippen LogP contribution < -0.4 is 5.32 Å². The lowest BCUT2D eigenvalue weighted by atomic mass is 10.00. The molecular weight excluding hydrogens is 255 g/mol. The molecule has 1 atom stereocenters. The molecule has 1 aliphatic heterocycles. The van der Waals surface area contributed by atoms with Crippen LogP contribution in [0.2, 0.25) is 0 Å². The van der Waals surface area contributed by atoms with Crippen LogP contribution in [0, 0.1) is 5.82 Å². The Morgan fingerprint density at radius 3 is 2.95 bits per heavy atom. The van der Waals surface area contributed by atoms with Gasteiger partial charge in [0.1, 0.15) is 5.82 Å². The number of nitrogens with one attached hydrogen (secondary N) is 1. The molecule has 0 bridgehead atoms. The number of piperidine rings is 1. The van der Waals surface area contributed by atoms with Crippen molar-refractivity contribution in [2.45, 2.75) is 45.2 Å². The van der Waals surface area contributed by atoms with E-state index in [0.29, 0.717) is 18.2 Å². The maximum Gasteiger partial charge on any atom is 0.234 e. The van der Waals surface area contributed by atoms with E-state index in [-0.39, 0.29) is 18.3 Å². The number of halogens is 1. The highest BCUT2D eigenvalue weighted by atomic mass is 19.1. The van der Waals surface area contributed by atoms with Gasteiger partial charge in [-0.05, 0) is 31.9 Å². The third kappa shape index (κ3) is 4.04. The first kappa shape index (κ1) is 15.0. The summed E-state index contributed by atoms with van der Waals surface area (Å²) in [7, 11) is 0. The number of hydrogen-bond donors (Lipinski definition) is 1. The van der Waals surface area contributed by atoms with Gasteiger partial charge in [-0.15, -0.1) is 0 Å². The summed E-state index contributed by atoms with van der Waals surface area (Å²) in [6.45, 7) is 3.84. The Morgan fingerprint density at radius 1 is 1.40 bits per heavy atom. The molecular formula is C16H23FN2O. The predicted molar refractivity (Wildman–Crippen MR) is 77.7 cm³/mol. The Hall–Kier alpha value is -1.42. The highest BCUT2D eigenvalue weighted by Gasteiger charge is 2.22. The second-order valence-corrected chi connectivity index (χ2v) is 5.40. The van der Waals surface area contributed by atoms with Gasteiger partial charge in [-0.3, -0.25) is 9.69 Å². The van der Waals surface area contributed by atoms with E-state index >= 15 is 0 Å². The molecule has 4 heteroatoms. The third-order valence-electron chi connectivity index (χ3n) is 4.00. The lowest BCUT2D eigenvalue weighted by molar-refractivity contribution is -0.123. The van der Waals surface area contributed by atoms with Crippen molar-refractivity contribution >= 4 is 5.91 Å². The summed E-state index contributed by atoms with van der Waals surface area (Å²) in [4.78, 5) is 14.2. The lowest BCUT2D eigenvalue weighted by Gasteiger charge is -2.34. The number of benzene rings is 1. The predicted octanol–water partition coefficient (Wildman–Crippen LogP) is 2.71. The first-order valence-electron chi connectivity index (χ1n) is 7.45. The monoisotopic (exact) mass is 278 g/mol. The van der Waals surface area contributed by atoms with Crippen molar-refractivity contribution in [2.24, 2.45) is 0 Å². The number of amides is 1. The van der Waals surface area contributed by atoms with Crippen LogP contribution in [0.3, 0.4) is 0 Å². The molecule has 2 rings (SSSR count). The zero-order valence-electron chi connectivity index (χ0n) is 12.1. The molecule has 1 N–H and O–H groups in total. The van der Waals surface area contributed by atoms with E-state index in [1.165, 1.54) is 18.9 Å². The number of likely N-dealkylation sites (tertiary alicyclic amines) is 1. The SMILES string of the molecule is CCC1CCCCN1CC(=O)NCc1ccccc1F. The maximum absolute atomic E-state index is 13.5. The molecule has 0 aromatic heterocycles. The zero-order valence-corrected chi connectivity index (χ0v) is 12.1. The Bertz CT molecular complexity index is 450. The molecule has 1 aromatic rings. The van der Waals surface area contributed by atoms with Crippen molar-refractivity contribution in [3.63, 3.8) is 0 Å². The fourth-order valence-electron chi connectivity index (χ4n) is 2.81. The fraction of sp³-hybridized carbons (Fsp3) is 0.562. The number of rotatable bonds is 5. The normalized spacial score (nSPS) is 19.8. The van der Waals surface area contributed by atoms with Crippen LogP contribution in [-0.2, 0) is 11.3 Å². The molecule has 0 aliphatic carbocycles. The quantitative estimate of drug-likeness (QED) is 0.898. The van der Waals surface area contributed by atoms with Gasteiger partial charge in [-0.1, -0.05) is 31.5 Å². The summed E-state index contributed by atoms with van der Waals surface area (Å²) in [5.41, 5.74) is 0.534. The Kier molecular flexibility index (Phi) is 5.53. The van der Waals surface area contributed by atoms with Gasteiger partial charge in [0.05, 0.1) is 6.54 Å². The average Bonchev–Trinajstić information content (AvgIpc) is 2.47. The molecule has 1 unspecified atom stereocenters. The van der Waals surface area contributed by atoms with Crippen molar-refractivity contribution in [3.05, 3.63) is 35.6 Å². The summed E-state index contributed by atoms with van der Waals surface area (Å²) in [5, 5.41) is 2.81. The Labute approximate surface area is 120 Å². The molecule has 1 aliphatic rings. The van der Waals surface area contributed by atoms with Crippen molar-refractivity contribution in [1.82, 2.24) is 10.2 Å². The molecule has 3 nitrogen and oxygen atoms in total. The molecule has 1 aromatic carbocycles. The molecule has 20 heavy (non-hydrogen) atoms. The minimum atomic E-state index is -0.266. The van der Waals surface area contributed by atoms with Gasteiger partial charge in [0, 0.05) is 18.2 Å². The molecule has 1 fully saturated rings. The smallest absolute Gasteiger partial charge is 0.234 e. The number of carbonyl (C=O) groups is 1. The van der Waals surface area contributed by atoms with Gasteiger partial charge in [0.25, 0.3) is 0 Å². The Balaban J connectivity index is 1.82.